The van der Waals surface area contributed by atoms with E-state index in [9.17, 15) is 14.4 Å². The number of hydrogen-bond acceptors (Lipinski definition) is 9. The topological polar surface area (TPSA) is 122 Å². The van der Waals surface area contributed by atoms with Gasteiger partial charge in [0.1, 0.15) is 12.4 Å². The van der Waals surface area contributed by atoms with Gasteiger partial charge in [0, 0.05) is 12.7 Å². The molecule has 0 radical (unpaired) electrons. The number of nitrogens with zero attached hydrogens (tertiary/aromatic N) is 3. The van der Waals surface area contributed by atoms with Crippen molar-refractivity contribution in [1.82, 2.24) is 14.8 Å². The number of carbonyl (C=O) groups excluding carboxylic acids is 3. The Bertz CT molecular complexity index is 1250. The van der Waals surface area contributed by atoms with Crippen LogP contribution in [0.4, 0.5) is 5.69 Å². The minimum absolute atomic E-state index is 0.0249. The fourth-order valence-corrected chi connectivity index (χ4v) is 4.02. The molecule has 1 aromatic heterocycles. The Morgan fingerprint density at radius 2 is 1.54 bits per heavy atom. The molecule has 0 aliphatic rings. The Labute approximate surface area is 219 Å². The SMILES string of the molecule is COC(=O)c1cc(NC(=O)CSc2nnc(COc3ccc(C(C)(C)C)cc3)n2C)cc(C(=O)OC)c1. The second-order valence-corrected chi connectivity index (χ2v) is 10.1. The number of rotatable bonds is 9. The molecule has 1 heterocycles. The first-order valence-electron chi connectivity index (χ1n) is 11.4. The summed E-state index contributed by atoms with van der Waals surface area (Å²) in [4.78, 5) is 36.5. The summed E-state index contributed by atoms with van der Waals surface area (Å²) in [5.41, 5.74) is 1.76. The molecule has 196 valence electrons. The lowest BCUT2D eigenvalue weighted by molar-refractivity contribution is -0.113. The summed E-state index contributed by atoms with van der Waals surface area (Å²) in [7, 11) is 4.25. The quantitative estimate of drug-likeness (QED) is 0.326. The van der Waals surface area contributed by atoms with Crippen molar-refractivity contribution in [1.29, 1.82) is 0 Å². The van der Waals surface area contributed by atoms with E-state index in [-0.39, 0.29) is 40.5 Å². The standard InChI is InChI=1S/C26H30N4O6S/c1-26(2,3)18-7-9-20(10-8-18)36-14-21-28-29-25(30(21)4)37-15-22(31)27-19-12-16(23(32)34-5)11-17(13-19)24(33)35-6/h7-13H,14-15H2,1-6H3,(H,27,31). The zero-order chi connectivity index (χ0) is 27.2. The largest absolute Gasteiger partial charge is 0.486 e. The Morgan fingerprint density at radius 3 is 2.08 bits per heavy atom. The Balaban J connectivity index is 1.59. The van der Waals surface area contributed by atoms with Crippen LogP contribution < -0.4 is 10.1 Å². The van der Waals surface area contributed by atoms with Crippen LogP contribution in [0.1, 0.15) is 52.9 Å². The number of methoxy groups -OCH3 is 2. The third-order valence-corrected chi connectivity index (χ3v) is 6.42. The Morgan fingerprint density at radius 1 is 0.946 bits per heavy atom. The molecule has 0 saturated heterocycles. The summed E-state index contributed by atoms with van der Waals surface area (Å²) in [5.74, 6) is -0.287. The number of benzene rings is 2. The van der Waals surface area contributed by atoms with Gasteiger partial charge in [0.25, 0.3) is 0 Å². The fourth-order valence-electron chi connectivity index (χ4n) is 3.29. The number of nitrogens with one attached hydrogen (secondary N) is 1. The highest BCUT2D eigenvalue weighted by Gasteiger charge is 2.17. The molecule has 0 atom stereocenters. The van der Waals surface area contributed by atoms with Crippen molar-refractivity contribution >= 4 is 35.3 Å². The highest BCUT2D eigenvalue weighted by Crippen LogP contribution is 2.25. The van der Waals surface area contributed by atoms with Crippen molar-refractivity contribution in [3.63, 3.8) is 0 Å². The molecule has 2 aromatic carbocycles. The lowest BCUT2D eigenvalue weighted by Crippen LogP contribution is -2.16. The van der Waals surface area contributed by atoms with Gasteiger partial charge in [0.05, 0.1) is 31.1 Å². The Kier molecular flexibility index (Phi) is 8.93. The van der Waals surface area contributed by atoms with E-state index in [0.29, 0.717) is 11.0 Å². The molecule has 0 spiro atoms. The molecule has 11 heteroatoms. The fraction of sp³-hybridized carbons (Fsp3) is 0.346. The number of amides is 1. The van der Waals surface area contributed by atoms with Gasteiger partial charge in [0.2, 0.25) is 5.91 Å². The molecule has 0 aliphatic carbocycles. The molecule has 0 aliphatic heterocycles. The molecule has 10 nitrogen and oxygen atoms in total. The van der Waals surface area contributed by atoms with Crippen LogP contribution in [0.15, 0.2) is 47.6 Å². The van der Waals surface area contributed by atoms with Crippen molar-refractivity contribution in [3.05, 3.63) is 65.0 Å². The number of esters is 2. The summed E-state index contributed by atoms with van der Waals surface area (Å²) in [5, 5.41) is 11.5. The average Bonchev–Trinajstić information content (AvgIpc) is 3.23. The third-order valence-electron chi connectivity index (χ3n) is 5.40. The minimum Gasteiger partial charge on any atom is -0.486 e. The highest BCUT2D eigenvalue weighted by molar-refractivity contribution is 7.99. The van der Waals surface area contributed by atoms with Crippen molar-refractivity contribution in [2.24, 2.45) is 7.05 Å². The van der Waals surface area contributed by atoms with Gasteiger partial charge in [-0.25, -0.2) is 9.59 Å². The smallest absolute Gasteiger partial charge is 0.337 e. The lowest BCUT2D eigenvalue weighted by Gasteiger charge is -2.19. The lowest BCUT2D eigenvalue weighted by atomic mass is 9.87. The van der Waals surface area contributed by atoms with E-state index < -0.39 is 11.9 Å². The van der Waals surface area contributed by atoms with E-state index in [1.807, 2.05) is 24.3 Å². The van der Waals surface area contributed by atoms with E-state index in [0.717, 1.165) is 5.75 Å². The Hall–Kier alpha value is -3.86. The molecule has 0 unspecified atom stereocenters. The zero-order valence-electron chi connectivity index (χ0n) is 21.7. The van der Waals surface area contributed by atoms with Gasteiger partial charge in [-0.05, 0) is 41.3 Å². The molecular weight excluding hydrogens is 496 g/mol. The zero-order valence-corrected chi connectivity index (χ0v) is 22.5. The molecule has 0 saturated carbocycles. The van der Waals surface area contributed by atoms with Gasteiger partial charge in [-0.15, -0.1) is 10.2 Å². The van der Waals surface area contributed by atoms with E-state index in [2.05, 4.69) is 36.3 Å². The van der Waals surface area contributed by atoms with Crippen LogP contribution in [0.3, 0.4) is 0 Å². The molecular formula is C26H30N4O6S. The summed E-state index contributed by atoms with van der Waals surface area (Å²) in [6, 6.07) is 12.1. The molecule has 1 N–H and O–H groups in total. The monoisotopic (exact) mass is 526 g/mol. The maximum absolute atomic E-state index is 12.6. The summed E-state index contributed by atoms with van der Waals surface area (Å²) >= 11 is 1.19. The van der Waals surface area contributed by atoms with Crippen LogP contribution in [0, 0.1) is 0 Å². The highest BCUT2D eigenvalue weighted by atomic mass is 32.2. The predicted octanol–water partition coefficient (Wildman–Crippen LogP) is 4.00. The van der Waals surface area contributed by atoms with Crippen LogP contribution in [0.5, 0.6) is 5.75 Å². The van der Waals surface area contributed by atoms with E-state index in [1.54, 1.807) is 11.6 Å². The van der Waals surface area contributed by atoms with Gasteiger partial charge in [0.15, 0.2) is 11.0 Å². The van der Waals surface area contributed by atoms with Crippen LogP contribution in [0.2, 0.25) is 0 Å². The number of aromatic nitrogens is 3. The number of ether oxygens (including phenoxy) is 3. The molecule has 37 heavy (non-hydrogen) atoms. The van der Waals surface area contributed by atoms with Gasteiger partial charge in [-0.3, -0.25) is 4.79 Å². The first-order valence-corrected chi connectivity index (χ1v) is 12.4. The number of carbonyl (C=O) groups is 3. The maximum atomic E-state index is 12.6. The first kappa shape index (κ1) is 27.7. The van der Waals surface area contributed by atoms with Crippen molar-refractivity contribution in [2.45, 2.75) is 37.9 Å². The summed E-state index contributed by atoms with van der Waals surface area (Å²) in [6.45, 7) is 6.68. The normalized spacial score (nSPS) is 11.1. The second-order valence-electron chi connectivity index (χ2n) is 9.14. The van der Waals surface area contributed by atoms with E-state index in [1.165, 1.54) is 49.7 Å². The number of hydrogen-bond donors (Lipinski definition) is 1. The second kappa shape index (κ2) is 11.9. The molecule has 0 bridgehead atoms. The third kappa shape index (κ3) is 7.32. The average molecular weight is 527 g/mol. The predicted molar refractivity (Wildman–Crippen MR) is 139 cm³/mol. The van der Waals surface area contributed by atoms with Gasteiger partial charge < -0.3 is 24.1 Å². The van der Waals surface area contributed by atoms with E-state index >= 15 is 0 Å². The minimum atomic E-state index is -0.644. The van der Waals surface area contributed by atoms with Crippen molar-refractivity contribution in [3.8, 4) is 5.75 Å². The van der Waals surface area contributed by atoms with Gasteiger partial charge in [-0.2, -0.15) is 0 Å². The molecule has 3 aromatic rings. The van der Waals surface area contributed by atoms with Gasteiger partial charge >= 0.3 is 11.9 Å². The molecule has 0 fully saturated rings. The van der Waals surface area contributed by atoms with E-state index in [4.69, 9.17) is 14.2 Å². The van der Waals surface area contributed by atoms with Gasteiger partial charge in [-0.1, -0.05) is 44.7 Å². The first-order chi connectivity index (χ1) is 17.5. The van der Waals surface area contributed by atoms with Crippen molar-refractivity contribution < 1.29 is 28.6 Å². The summed E-state index contributed by atoms with van der Waals surface area (Å²) < 4.78 is 17.0. The number of thioether (sulfide) groups is 1. The summed E-state index contributed by atoms with van der Waals surface area (Å²) in [6.07, 6.45) is 0. The molecule has 1 amide bonds. The van der Waals surface area contributed by atoms with Crippen molar-refractivity contribution in [2.75, 3.05) is 25.3 Å². The molecule has 3 rings (SSSR count). The van der Waals surface area contributed by atoms with Crippen LogP contribution >= 0.6 is 11.8 Å². The van der Waals surface area contributed by atoms with Crippen LogP contribution in [0.25, 0.3) is 0 Å². The maximum Gasteiger partial charge on any atom is 0.337 e. The van der Waals surface area contributed by atoms with Crippen LogP contribution in [-0.4, -0.2) is 52.6 Å². The van der Waals surface area contributed by atoms with Crippen LogP contribution in [-0.2, 0) is 33.3 Å². The number of anilines is 1.